The number of nitrogens with zero attached hydrogens (tertiary/aromatic N) is 4. The molecule has 0 saturated carbocycles. The molecule has 3 heterocycles. The van der Waals surface area contributed by atoms with Crippen LogP contribution >= 0.6 is 23.2 Å². The van der Waals surface area contributed by atoms with Crippen molar-refractivity contribution in [3.63, 3.8) is 0 Å². The van der Waals surface area contributed by atoms with Gasteiger partial charge in [0.25, 0.3) is 0 Å². The summed E-state index contributed by atoms with van der Waals surface area (Å²) in [5.41, 5.74) is 1.71. The van der Waals surface area contributed by atoms with Crippen LogP contribution in [0.1, 0.15) is 12.8 Å². The Hall–Kier alpha value is -1.82. The van der Waals surface area contributed by atoms with Crippen LogP contribution < -0.4 is 10.2 Å². The third-order valence-corrected chi connectivity index (χ3v) is 5.29. The van der Waals surface area contributed by atoms with Crippen LogP contribution in [0.3, 0.4) is 0 Å². The molecule has 1 unspecified atom stereocenters. The fourth-order valence-corrected chi connectivity index (χ4v) is 3.67. The van der Waals surface area contributed by atoms with E-state index in [9.17, 15) is 0 Å². The number of benzene rings is 1. The Kier molecular flexibility index (Phi) is 4.08. The predicted octanol–water partition coefficient (Wildman–Crippen LogP) is 3.87. The first-order valence-corrected chi connectivity index (χ1v) is 8.65. The molecular weight excluding hydrogens is 345 g/mol. The quantitative estimate of drug-likeness (QED) is 0.768. The molecule has 3 aromatic rings. The minimum atomic E-state index is 0.281. The van der Waals surface area contributed by atoms with Crippen LogP contribution in [0.5, 0.6) is 0 Å². The fourth-order valence-electron chi connectivity index (χ4n) is 3.31. The van der Waals surface area contributed by atoms with Crippen molar-refractivity contribution in [1.82, 2.24) is 19.9 Å². The van der Waals surface area contributed by atoms with Gasteiger partial charge in [-0.05, 0) is 32.0 Å². The summed E-state index contributed by atoms with van der Waals surface area (Å²) in [7, 11) is 1.98. The van der Waals surface area contributed by atoms with Crippen LogP contribution in [0.4, 0.5) is 5.82 Å². The molecule has 2 aromatic heterocycles. The number of fused-ring (bicyclic) bond motifs is 1. The van der Waals surface area contributed by atoms with Gasteiger partial charge in [0.1, 0.15) is 5.82 Å². The van der Waals surface area contributed by atoms with Gasteiger partial charge in [-0.15, -0.1) is 0 Å². The molecule has 1 aliphatic rings. The number of imidazole rings is 1. The van der Waals surface area contributed by atoms with Gasteiger partial charge in [-0.25, -0.2) is 9.97 Å². The highest BCUT2D eigenvalue weighted by Crippen LogP contribution is 2.35. The van der Waals surface area contributed by atoms with Crippen LogP contribution in [0.2, 0.25) is 10.0 Å². The van der Waals surface area contributed by atoms with Crippen LogP contribution in [0, 0.1) is 0 Å². The van der Waals surface area contributed by atoms with Crippen molar-refractivity contribution in [1.29, 1.82) is 0 Å². The van der Waals surface area contributed by atoms with E-state index in [0.717, 1.165) is 36.3 Å². The van der Waals surface area contributed by atoms with Gasteiger partial charge >= 0.3 is 0 Å². The lowest BCUT2D eigenvalue weighted by Crippen LogP contribution is -2.39. The Morgan fingerprint density at radius 3 is 2.92 bits per heavy atom. The van der Waals surface area contributed by atoms with Gasteiger partial charge in [0, 0.05) is 30.4 Å². The summed E-state index contributed by atoms with van der Waals surface area (Å²) in [5, 5.41) is 5.29. The summed E-state index contributed by atoms with van der Waals surface area (Å²) < 4.78 is 1.97. The van der Waals surface area contributed by atoms with Crippen LogP contribution in [0.25, 0.3) is 16.6 Å². The van der Waals surface area contributed by atoms with E-state index >= 15 is 0 Å². The van der Waals surface area contributed by atoms with Gasteiger partial charge < -0.3 is 14.8 Å². The van der Waals surface area contributed by atoms with E-state index in [1.54, 1.807) is 18.6 Å². The van der Waals surface area contributed by atoms with E-state index in [1.165, 1.54) is 0 Å². The van der Waals surface area contributed by atoms with Gasteiger partial charge in [0.15, 0.2) is 0 Å². The largest absolute Gasteiger partial charge is 0.341 e. The van der Waals surface area contributed by atoms with Crippen LogP contribution in [-0.2, 0) is 0 Å². The number of aromatic nitrogens is 3. The van der Waals surface area contributed by atoms with E-state index < -0.39 is 0 Å². The smallest absolute Gasteiger partial charge is 0.132 e. The zero-order chi connectivity index (χ0) is 16.7. The SMILES string of the molecule is CNC1CCCN1c1cc(-n2ccnc2)c2ccc(Cl)c(Cl)c2n1. The molecule has 0 amide bonds. The number of hydrogen-bond acceptors (Lipinski definition) is 4. The summed E-state index contributed by atoms with van der Waals surface area (Å²) in [6, 6.07) is 5.85. The lowest BCUT2D eigenvalue weighted by atomic mass is 10.1. The molecule has 0 spiro atoms. The number of nitrogens with one attached hydrogen (secondary N) is 1. The highest BCUT2D eigenvalue weighted by Gasteiger charge is 2.25. The minimum Gasteiger partial charge on any atom is -0.341 e. The standard InChI is InChI=1S/C17H17Cl2N5/c1-20-14-3-2-7-24(14)15-9-13(23-8-6-21-10-23)11-4-5-12(18)16(19)17(11)22-15/h4-6,8-10,14,20H,2-3,7H2,1H3. The van der Waals surface area contributed by atoms with Crippen molar-refractivity contribution in [3.8, 4) is 5.69 Å². The van der Waals surface area contributed by atoms with Crippen molar-refractivity contribution in [3.05, 3.63) is 47.0 Å². The Morgan fingerprint density at radius 1 is 1.29 bits per heavy atom. The maximum atomic E-state index is 6.45. The zero-order valence-electron chi connectivity index (χ0n) is 13.2. The zero-order valence-corrected chi connectivity index (χ0v) is 14.7. The molecule has 0 bridgehead atoms. The normalized spacial score (nSPS) is 17.8. The average Bonchev–Trinajstić information content (AvgIpc) is 3.28. The molecular formula is C17H17Cl2N5. The topological polar surface area (TPSA) is 46.0 Å². The summed E-state index contributed by atoms with van der Waals surface area (Å²) in [4.78, 5) is 11.3. The number of halogens is 2. The van der Waals surface area contributed by atoms with Gasteiger partial charge in [-0.2, -0.15) is 0 Å². The lowest BCUT2D eigenvalue weighted by molar-refractivity contribution is 0.579. The van der Waals surface area contributed by atoms with Crippen molar-refractivity contribution in [2.45, 2.75) is 19.0 Å². The maximum Gasteiger partial charge on any atom is 0.132 e. The van der Waals surface area contributed by atoms with Gasteiger partial charge in [0.2, 0.25) is 0 Å². The van der Waals surface area contributed by atoms with E-state index in [-0.39, 0.29) is 6.17 Å². The molecule has 1 aliphatic heterocycles. The third-order valence-electron chi connectivity index (χ3n) is 4.50. The molecule has 4 rings (SSSR count). The van der Waals surface area contributed by atoms with Crippen LogP contribution in [0.15, 0.2) is 36.9 Å². The van der Waals surface area contributed by atoms with Gasteiger partial charge in [-0.3, -0.25) is 0 Å². The second-order valence-corrected chi connectivity index (χ2v) is 6.65. The summed E-state index contributed by atoms with van der Waals surface area (Å²) in [6.45, 7) is 0.964. The van der Waals surface area contributed by atoms with Gasteiger partial charge in [-0.1, -0.05) is 23.2 Å². The molecule has 24 heavy (non-hydrogen) atoms. The second kappa shape index (κ2) is 6.24. The van der Waals surface area contributed by atoms with E-state index in [2.05, 4.69) is 21.3 Å². The highest BCUT2D eigenvalue weighted by molar-refractivity contribution is 6.45. The first kappa shape index (κ1) is 15.7. The molecule has 1 aromatic carbocycles. The molecule has 1 saturated heterocycles. The first-order chi connectivity index (χ1) is 11.7. The highest BCUT2D eigenvalue weighted by atomic mass is 35.5. The van der Waals surface area contributed by atoms with Crippen LogP contribution in [-0.4, -0.2) is 34.3 Å². The number of anilines is 1. The van der Waals surface area contributed by atoms with Crippen molar-refractivity contribution in [2.24, 2.45) is 0 Å². The second-order valence-electron chi connectivity index (χ2n) is 5.87. The summed E-state index contributed by atoms with van der Waals surface area (Å²) in [5.74, 6) is 0.896. The molecule has 0 aliphatic carbocycles. The van der Waals surface area contributed by atoms with Gasteiger partial charge in [0.05, 0.1) is 33.7 Å². The van der Waals surface area contributed by atoms with E-state index in [1.807, 2.05) is 23.9 Å². The molecule has 1 fully saturated rings. The predicted molar refractivity (Wildman–Crippen MR) is 98.3 cm³/mol. The Labute approximate surface area is 150 Å². The number of hydrogen-bond donors (Lipinski definition) is 1. The Balaban J connectivity index is 1.97. The number of pyridine rings is 1. The molecule has 124 valence electrons. The first-order valence-electron chi connectivity index (χ1n) is 7.90. The van der Waals surface area contributed by atoms with Crippen molar-refractivity contribution in [2.75, 3.05) is 18.5 Å². The average molecular weight is 362 g/mol. The minimum absolute atomic E-state index is 0.281. The Morgan fingerprint density at radius 2 is 2.17 bits per heavy atom. The molecule has 1 atom stereocenters. The third kappa shape index (κ3) is 2.53. The Bertz CT molecular complexity index is 878. The van der Waals surface area contributed by atoms with E-state index in [4.69, 9.17) is 28.2 Å². The monoisotopic (exact) mass is 361 g/mol. The molecule has 7 heteroatoms. The number of rotatable bonds is 3. The van der Waals surface area contributed by atoms with E-state index in [0.29, 0.717) is 15.6 Å². The summed E-state index contributed by atoms with van der Waals surface area (Å²) in [6.07, 6.45) is 7.97. The lowest BCUT2D eigenvalue weighted by Gasteiger charge is -2.26. The van der Waals surface area contributed by atoms with Crippen molar-refractivity contribution >= 4 is 39.9 Å². The molecule has 5 nitrogen and oxygen atoms in total. The molecule has 0 radical (unpaired) electrons. The maximum absolute atomic E-state index is 6.45. The molecule has 1 N–H and O–H groups in total. The summed E-state index contributed by atoms with van der Waals surface area (Å²) >= 11 is 12.7. The fraction of sp³-hybridized carbons (Fsp3) is 0.294. The van der Waals surface area contributed by atoms with Crippen molar-refractivity contribution < 1.29 is 0 Å².